The predicted molar refractivity (Wildman–Crippen MR) is 110 cm³/mol. The highest BCUT2D eigenvalue weighted by atomic mass is 32.2. The zero-order valence-electron chi connectivity index (χ0n) is 17.0. The van der Waals surface area contributed by atoms with Gasteiger partial charge < -0.3 is 9.64 Å². The Balaban J connectivity index is 1.62. The summed E-state index contributed by atoms with van der Waals surface area (Å²) >= 11 is 0. The Morgan fingerprint density at radius 3 is 2.32 bits per heavy atom. The average molecular weight is 451 g/mol. The van der Waals surface area contributed by atoms with Gasteiger partial charge in [0.25, 0.3) is 5.91 Å². The van der Waals surface area contributed by atoms with E-state index in [1.54, 1.807) is 4.90 Å². The van der Waals surface area contributed by atoms with Gasteiger partial charge >= 0.3 is 0 Å². The number of hydrogen-bond donors (Lipinski definition) is 0. The minimum absolute atomic E-state index is 0.0796. The van der Waals surface area contributed by atoms with Crippen molar-refractivity contribution in [3.63, 3.8) is 0 Å². The van der Waals surface area contributed by atoms with Gasteiger partial charge in [0.15, 0.2) is 15.6 Å². The maximum absolute atomic E-state index is 13.9. The summed E-state index contributed by atoms with van der Waals surface area (Å²) in [5.41, 5.74) is 0.0710. The van der Waals surface area contributed by atoms with Gasteiger partial charge in [0, 0.05) is 31.7 Å². The Labute approximate surface area is 179 Å². The molecule has 3 rings (SSSR count). The highest BCUT2D eigenvalue weighted by Crippen LogP contribution is 2.25. The number of methoxy groups -OCH3 is 1. The molecular formula is C22H23F2NO5S. The molecule has 0 atom stereocenters. The van der Waals surface area contributed by atoms with Gasteiger partial charge in [-0.3, -0.25) is 9.59 Å². The largest absolute Gasteiger partial charge is 0.384 e. The van der Waals surface area contributed by atoms with Crippen molar-refractivity contribution in [3.05, 3.63) is 65.2 Å². The summed E-state index contributed by atoms with van der Waals surface area (Å²) in [5, 5.41) is 0. The minimum atomic E-state index is -3.48. The molecule has 2 aromatic carbocycles. The molecule has 1 fully saturated rings. The third kappa shape index (κ3) is 5.34. The van der Waals surface area contributed by atoms with Gasteiger partial charge in [-0.15, -0.1) is 0 Å². The summed E-state index contributed by atoms with van der Waals surface area (Å²) in [5.74, 6) is -2.81. The number of rotatable bonds is 7. The Bertz CT molecular complexity index is 1060. The second-order valence-electron chi connectivity index (χ2n) is 7.39. The van der Waals surface area contributed by atoms with Crippen molar-refractivity contribution in [2.24, 2.45) is 5.92 Å². The van der Waals surface area contributed by atoms with Crippen LogP contribution >= 0.6 is 0 Å². The first-order valence-electron chi connectivity index (χ1n) is 9.83. The standard InChI is InChI=1S/C22H23F2NO5S/c1-30-12-13-31(28,29)18-5-2-16(3-6-18)22(27)25-10-8-15(9-11-25)21(26)19-14-17(23)4-7-20(19)24/h2-7,14-15H,8-13H2,1H3. The third-order valence-corrected chi connectivity index (χ3v) is 7.06. The van der Waals surface area contributed by atoms with Crippen molar-refractivity contribution in [3.8, 4) is 0 Å². The van der Waals surface area contributed by atoms with Gasteiger partial charge in [0.05, 0.1) is 22.8 Å². The van der Waals surface area contributed by atoms with E-state index in [0.717, 1.165) is 18.2 Å². The van der Waals surface area contributed by atoms with Crippen LogP contribution in [0.5, 0.6) is 0 Å². The molecule has 1 aliphatic rings. The summed E-state index contributed by atoms with van der Waals surface area (Å²) in [4.78, 5) is 27.0. The summed E-state index contributed by atoms with van der Waals surface area (Å²) in [6, 6.07) is 8.49. The Morgan fingerprint density at radius 2 is 1.71 bits per heavy atom. The van der Waals surface area contributed by atoms with Crippen LogP contribution in [0.25, 0.3) is 0 Å². The monoisotopic (exact) mass is 451 g/mol. The number of hydrogen-bond acceptors (Lipinski definition) is 5. The van der Waals surface area contributed by atoms with Crippen LogP contribution in [-0.2, 0) is 14.6 Å². The van der Waals surface area contributed by atoms with E-state index in [0.29, 0.717) is 31.5 Å². The van der Waals surface area contributed by atoms with E-state index in [9.17, 15) is 26.8 Å². The number of ether oxygens (including phenoxy) is 1. The lowest BCUT2D eigenvalue weighted by Gasteiger charge is -2.31. The SMILES string of the molecule is COCCS(=O)(=O)c1ccc(C(=O)N2CCC(C(=O)c3cc(F)ccc3F)CC2)cc1. The molecule has 0 saturated carbocycles. The number of amides is 1. The highest BCUT2D eigenvalue weighted by Gasteiger charge is 2.30. The van der Waals surface area contributed by atoms with E-state index in [1.165, 1.54) is 31.4 Å². The van der Waals surface area contributed by atoms with Gasteiger partial charge in [-0.05, 0) is 55.3 Å². The van der Waals surface area contributed by atoms with Crippen molar-refractivity contribution in [1.82, 2.24) is 4.90 Å². The lowest BCUT2D eigenvalue weighted by atomic mass is 9.88. The quantitative estimate of drug-likeness (QED) is 0.605. The Hall–Kier alpha value is -2.65. The van der Waals surface area contributed by atoms with Crippen LogP contribution in [0.15, 0.2) is 47.4 Å². The average Bonchev–Trinajstić information content (AvgIpc) is 2.78. The van der Waals surface area contributed by atoms with Crippen molar-refractivity contribution < 1.29 is 31.5 Å². The molecule has 1 amide bonds. The van der Waals surface area contributed by atoms with Gasteiger partial charge in [0.2, 0.25) is 0 Å². The molecule has 0 bridgehead atoms. The van der Waals surface area contributed by atoms with E-state index in [4.69, 9.17) is 4.74 Å². The number of carbonyl (C=O) groups is 2. The highest BCUT2D eigenvalue weighted by molar-refractivity contribution is 7.91. The van der Waals surface area contributed by atoms with Crippen molar-refractivity contribution in [1.29, 1.82) is 0 Å². The van der Waals surface area contributed by atoms with E-state index in [1.807, 2.05) is 0 Å². The van der Waals surface area contributed by atoms with Gasteiger partial charge in [-0.2, -0.15) is 0 Å². The van der Waals surface area contributed by atoms with E-state index in [2.05, 4.69) is 0 Å². The lowest BCUT2D eigenvalue weighted by Crippen LogP contribution is -2.40. The van der Waals surface area contributed by atoms with Gasteiger partial charge in [0.1, 0.15) is 11.6 Å². The molecule has 31 heavy (non-hydrogen) atoms. The smallest absolute Gasteiger partial charge is 0.253 e. The van der Waals surface area contributed by atoms with Crippen LogP contribution in [0.3, 0.4) is 0 Å². The minimum Gasteiger partial charge on any atom is -0.384 e. The zero-order chi connectivity index (χ0) is 22.6. The fourth-order valence-corrected chi connectivity index (χ4v) is 4.72. The van der Waals surface area contributed by atoms with E-state index < -0.39 is 33.2 Å². The number of likely N-dealkylation sites (tertiary alicyclic amines) is 1. The summed E-state index contributed by atoms with van der Waals surface area (Å²) < 4.78 is 56.4. The molecule has 1 saturated heterocycles. The molecule has 1 heterocycles. The van der Waals surface area contributed by atoms with Crippen molar-refractivity contribution in [2.45, 2.75) is 17.7 Å². The van der Waals surface area contributed by atoms with Gasteiger partial charge in [-0.1, -0.05) is 0 Å². The number of Topliss-reactive ketones (excluding diaryl/α,β-unsaturated/α-hetero) is 1. The molecule has 9 heteroatoms. The molecule has 0 unspecified atom stereocenters. The van der Waals surface area contributed by atoms with E-state index >= 15 is 0 Å². The molecular weight excluding hydrogens is 428 g/mol. The second-order valence-corrected chi connectivity index (χ2v) is 9.50. The molecule has 6 nitrogen and oxygen atoms in total. The maximum Gasteiger partial charge on any atom is 0.253 e. The molecule has 0 spiro atoms. The summed E-state index contributed by atoms with van der Waals surface area (Å²) in [6.45, 7) is 0.663. The first kappa shape index (κ1) is 23.0. The second kappa shape index (κ2) is 9.65. The number of ketones is 1. The first-order valence-corrected chi connectivity index (χ1v) is 11.5. The molecule has 2 aromatic rings. The molecule has 0 radical (unpaired) electrons. The first-order chi connectivity index (χ1) is 14.7. The summed E-state index contributed by atoms with van der Waals surface area (Å²) in [6.07, 6.45) is 0.675. The third-order valence-electron chi connectivity index (χ3n) is 5.36. The van der Waals surface area contributed by atoms with Crippen LogP contribution in [0, 0.1) is 17.6 Å². The fourth-order valence-electron chi connectivity index (χ4n) is 3.55. The number of nitrogens with zero attached hydrogens (tertiary/aromatic N) is 1. The fraction of sp³-hybridized carbons (Fsp3) is 0.364. The topological polar surface area (TPSA) is 80.8 Å². The van der Waals surface area contributed by atoms with Crippen LogP contribution < -0.4 is 0 Å². The van der Waals surface area contributed by atoms with Crippen molar-refractivity contribution >= 4 is 21.5 Å². The number of halogens is 2. The van der Waals surface area contributed by atoms with Crippen LogP contribution in [-0.4, -0.2) is 57.6 Å². The molecule has 0 aliphatic carbocycles. The normalized spacial score (nSPS) is 15.1. The summed E-state index contributed by atoms with van der Waals surface area (Å²) in [7, 11) is -2.06. The Kier molecular flexibility index (Phi) is 7.17. The number of benzene rings is 2. The van der Waals surface area contributed by atoms with Gasteiger partial charge in [-0.25, -0.2) is 17.2 Å². The zero-order valence-corrected chi connectivity index (χ0v) is 17.8. The molecule has 0 aromatic heterocycles. The molecule has 1 aliphatic heterocycles. The number of piperidine rings is 1. The van der Waals surface area contributed by atoms with Crippen LogP contribution in [0.4, 0.5) is 8.78 Å². The predicted octanol–water partition coefficient (Wildman–Crippen LogP) is 3.12. The van der Waals surface area contributed by atoms with E-state index in [-0.39, 0.29) is 28.7 Å². The van der Waals surface area contributed by atoms with Crippen LogP contribution in [0.2, 0.25) is 0 Å². The van der Waals surface area contributed by atoms with Crippen molar-refractivity contribution in [2.75, 3.05) is 32.6 Å². The number of sulfone groups is 1. The molecule has 0 N–H and O–H groups in total. The van der Waals surface area contributed by atoms with Crippen LogP contribution in [0.1, 0.15) is 33.6 Å². The molecule has 166 valence electrons. The number of carbonyl (C=O) groups excluding carboxylic acids is 2. The Morgan fingerprint density at radius 1 is 1.06 bits per heavy atom. The lowest BCUT2D eigenvalue weighted by molar-refractivity contribution is 0.0649. The maximum atomic E-state index is 13.9.